The van der Waals surface area contributed by atoms with Crippen molar-refractivity contribution in [1.82, 2.24) is 14.5 Å². The van der Waals surface area contributed by atoms with Gasteiger partial charge < -0.3 is 10.3 Å². The minimum Gasteiger partial charge on any atom is -0.349 e. The lowest BCUT2D eigenvalue weighted by molar-refractivity contribution is -0.137. The molecule has 1 amide bonds. The largest absolute Gasteiger partial charge is 0.416 e. The van der Waals surface area contributed by atoms with Gasteiger partial charge >= 0.3 is 6.18 Å². The van der Waals surface area contributed by atoms with Gasteiger partial charge in [0.25, 0.3) is 5.56 Å². The fourth-order valence-electron chi connectivity index (χ4n) is 3.80. The molecule has 0 aliphatic rings. The van der Waals surface area contributed by atoms with Crippen molar-refractivity contribution >= 4 is 68.5 Å². The summed E-state index contributed by atoms with van der Waals surface area (Å²) in [5.74, 6) is -0.884. The van der Waals surface area contributed by atoms with Crippen molar-refractivity contribution < 1.29 is 18.0 Å². The molecule has 0 bridgehead atoms. The third kappa shape index (κ3) is 5.04. The second-order valence-electron chi connectivity index (χ2n) is 7.94. The Morgan fingerprint density at radius 1 is 1.05 bits per heavy atom. The maximum atomic E-state index is 13.6. The molecule has 2 heterocycles. The van der Waals surface area contributed by atoms with Crippen LogP contribution in [-0.2, 0) is 11.0 Å². The summed E-state index contributed by atoms with van der Waals surface area (Å²) in [4.78, 5) is 34.0. The van der Waals surface area contributed by atoms with Crippen molar-refractivity contribution in [3.05, 3.63) is 92.7 Å². The summed E-state index contributed by atoms with van der Waals surface area (Å²) in [5.41, 5.74) is 0.365. The lowest BCUT2D eigenvalue weighted by Crippen LogP contribution is -2.23. The van der Waals surface area contributed by atoms with Crippen molar-refractivity contribution in [1.29, 1.82) is 0 Å². The highest BCUT2D eigenvalue weighted by atomic mass is 35.5. The fraction of sp³-hybridized carbons (Fsp3) is 0.0800. The Hall–Kier alpha value is -3.47. The molecule has 188 valence electrons. The molecule has 0 aliphatic carbocycles. The van der Waals surface area contributed by atoms with E-state index < -0.39 is 23.2 Å². The Bertz CT molecular complexity index is 1730. The van der Waals surface area contributed by atoms with E-state index in [0.717, 1.165) is 40.9 Å². The van der Waals surface area contributed by atoms with Crippen molar-refractivity contribution in [2.75, 3.05) is 11.1 Å². The Morgan fingerprint density at radius 3 is 2.59 bits per heavy atom. The van der Waals surface area contributed by atoms with Gasteiger partial charge in [-0.1, -0.05) is 59.2 Å². The van der Waals surface area contributed by atoms with Crippen LogP contribution in [0.3, 0.4) is 0 Å². The predicted octanol–water partition coefficient (Wildman–Crippen LogP) is 6.92. The lowest BCUT2D eigenvalue weighted by atomic mass is 10.2. The number of amides is 1. The molecule has 0 atom stereocenters. The molecule has 0 spiro atoms. The standard InChI is InChI=1S/C25H15Cl2F3N4O2S/c26-14-4-3-5-15(11-14)34-23(36)22-21(16-6-1-2-7-18(16)32-22)33-24(34)37-12-20(35)31-19-10-13(25(28,29)30)8-9-17(19)27/h1-11,32H,12H2,(H,31,35). The van der Waals surface area contributed by atoms with E-state index in [9.17, 15) is 22.8 Å². The van der Waals surface area contributed by atoms with Gasteiger partial charge in [0.1, 0.15) is 11.0 Å². The molecule has 5 aromatic rings. The number of fused-ring (bicyclic) bond motifs is 3. The number of aromatic amines is 1. The number of anilines is 1. The topological polar surface area (TPSA) is 79.8 Å². The number of alkyl halides is 3. The van der Waals surface area contributed by atoms with Crippen LogP contribution in [0.2, 0.25) is 10.0 Å². The van der Waals surface area contributed by atoms with Gasteiger partial charge in [-0.15, -0.1) is 0 Å². The molecule has 2 aromatic heterocycles. The van der Waals surface area contributed by atoms with Crippen LogP contribution >= 0.6 is 35.0 Å². The van der Waals surface area contributed by atoms with Gasteiger partial charge in [0.05, 0.1) is 27.7 Å². The third-order valence-electron chi connectivity index (χ3n) is 5.46. The molecule has 0 saturated carbocycles. The number of benzene rings is 3. The molecule has 0 radical (unpaired) electrons. The summed E-state index contributed by atoms with van der Waals surface area (Å²) in [6.45, 7) is 0. The number of carbonyl (C=O) groups is 1. The molecule has 0 fully saturated rings. The number of H-pyrrole nitrogens is 1. The van der Waals surface area contributed by atoms with Crippen LogP contribution in [-0.4, -0.2) is 26.2 Å². The average molecular weight is 563 g/mol. The number of halogens is 5. The summed E-state index contributed by atoms with van der Waals surface area (Å²) in [6.07, 6.45) is -4.59. The molecule has 0 unspecified atom stereocenters. The van der Waals surface area contributed by atoms with Gasteiger partial charge in [0, 0.05) is 15.9 Å². The molecule has 5 rings (SSSR count). The smallest absolute Gasteiger partial charge is 0.349 e. The van der Waals surface area contributed by atoms with Crippen LogP contribution in [0.5, 0.6) is 0 Å². The Balaban J connectivity index is 1.52. The molecular weight excluding hydrogens is 548 g/mol. The first-order valence-corrected chi connectivity index (χ1v) is 12.4. The van der Waals surface area contributed by atoms with Crippen LogP contribution < -0.4 is 10.9 Å². The lowest BCUT2D eigenvalue weighted by Gasteiger charge is -2.13. The number of hydrogen-bond donors (Lipinski definition) is 2. The quantitative estimate of drug-likeness (QED) is 0.180. The van der Waals surface area contributed by atoms with Crippen molar-refractivity contribution in [3.63, 3.8) is 0 Å². The maximum absolute atomic E-state index is 13.6. The second-order valence-corrected chi connectivity index (χ2v) is 9.72. The first kappa shape index (κ1) is 25.2. The normalized spacial score (nSPS) is 11.8. The SMILES string of the molecule is O=C(CSc1nc2c([nH]c3ccccc32)c(=O)n1-c1cccc(Cl)c1)Nc1cc(C(F)(F)F)ccc1Cl. The average Bonchev–Trinajstić information content (AvgIpc) is 3.22. The van der Waals surface area contributed by atoms with Gasteiger partial charge in [-0.25, -0.2) is 4.98 Å². The molecule has 0 aliphatic heterocycles. The van der Waals surface area contributed by atoms with E-state index >= 15 is 0 Å². The number of aromatic nitrogens is 3. The van der Waals surface area contributed by atoms with Gasteiger partial charge in [-0.05, 0) is 42.5 Å². The molecular formula is C25H15Cl2F3N4O2S. The molecule has 6 nitrogen and oxygen atoms in total. The van der Waals surface area contributed by atoms with Crippen LogP contribution in [0.4, 0.5) is 18.9 Å². The van der Waals surface area contributed by atoms with E-state index in [2.05, 4.69) is 15.3 Å². The van der Waals surface area contributed by atoms with E-state index in [4.69, 9.17) is 23.2 Å². The van der Waals surface area contributed by atoms with Crippen LogP contribution in [0.15, 0.2) is 76.7 Å². The summed E-state index contributed by atoms with van der Waals surface area (Å²) < 4.78 is 40.6. The second kappa shape index (κ2) is 9.77. The zero-order valence-corrected chi connectivity index (χ0v) is 20.9. The number of rotatable bonds is 5. The zero-order chi connectivity index (χ0) is 26.3. The maximum Gasteiger partial charge on any atom is 0.416 e. The summed E-state index contributed by atoms with van der Waals surface area (Å²) in [7, 11) is 0. The van der Waals surface area contributed by atoms with E-state index in [1.54, 1.807) is 24.3 Å². The van der Waals surface area contributed by atoms with Gasteiger partial charge in [-0.3, -0.25) is 14.2 Å². The van der Waals surface area contributed by atoms with Gasteiger partial charge in [0.15, 0.2) is 5.16 Å². The number of hydrogen-bond acceptors (Lipinski definition) is 4. The first-order valence-electron chi connectivity index (χ1n) is 10.7. The number of nitrogens with one attached hydrogen (secondary N) is 2. The van der Waals surface area contributed by atoms with Gasteiger partial charge in [-0.2, -0.15) is 13.2 Å². The van der Waals surface area contributed by atoms with Crippen molar-refractivity contribution in [2.45, 2.75) is 11.3 Å². The van der Waals surface area contributed by atoms with E-state index in [1.807, 2.05) is 24.3 Å². The monoisotopic (exact) mass is 562 g/mol. The third-order valence-corrected chi connectivity index (χ3v) is 6.96. The highest BCUT2D eigenvalue weighted by molar-refractivity contribution is 7.99. The number of para-hydroxylation sites is 1. The summed E-state index contributed by atoms with van der Waals surface area (Å²) >= 11 is 13.1. The molecule has 2 N–H and O–H groups in total. The zero-order valence-electron chi connectivity index (χ0n) is 18.6. The van der Waals surface area contributed by atoms with Crippen LogP contribution in [0.1, 0.15) is 5.56 Å². The molecule has 3 aromatic carbocycles. The van der Waals surface area contributed by atoms with Crippen molar-refractivity contribution in [2.24, 2.45) is 0 Å². The number of nitrogens with zero attached hydrogens (tertiary/aromatic N) is 2. The Labute approximate surface area is 221 Å². The first-order chi connectivity index (χ1) is 17.6. The highest BCUT2D eigenvalue weighted by Crippen LogP contribution is 2.34. The molecule has 12 heteroatoms. The number of carbonyl (C=O) groups excluding carboxylic acids is 1. The summed E-state index contributed by atoms with van der Waals surface area (Å²) in [6, 6.07) is 16.5. The highest BCUT2D eigenvalue weighted by Gasteiger charge is 2.31. The van der Waals surface area contributed by atoms with Gasteiger partial charge in [0.2, 0.25) is 5.91 Å². The Morgan fingerprint density at radius 2 is 1.84 bits per heavy atom. The minimum absolute atomic E-state index is 0.0412. The Kier molecular flexibility index (Phi) is 6.65. The molecule has 0 saturated heterocycles. The fourth-order valence-corrected chi connectivity index (χ4v) is 4.95. The van der Waals surface area contributed by atoms with Crippen LogP contribution in [0.25, 0.3) is 27.6 Å². The van der Waals surface area contributed by atoms with E-state index in [0.29, 0.717) is 16.2 Å². The number of thioether (sulfide) groups is 1. The minimum atomic E-state index is -4.59. The molecule has 37 heavy (non-hydrogen) atoms. The predicted molar refractivity (Wildman–Crippen MR) is 140 cm³/mol. The van der Waals surface area contributed by atoms with E-state index in [1.165, 1.54) is 4.57 Å². The van der Waals surface area contributed by atoms with Crippen LogP contribution in [0, 0.1) is 0 Å². The van der Waals surface area contributed by atoms with Crippen molar-refractivity contribution in [3.8, 4) is 5.69 Å². The van der Waals surface area contributed by atoms with E-state index in [-0.39, 0.29) is 27.1 Å². The summed E-state index contributed by atoms with van der Waals surface area (Å²) in [5, 5.41) is 3.69.